The van der Waals surface area contributed by atoms with Crippen LogP contribution in [0.5, 0.6) is 0 Å². The molecule has 2 unspecified atom stereocenters. The molecule has 0 spiro atoms. The highest BCUT2D eigenvalue weighted by atomic mass is 35.5. The van der Waals surface area contributed by atoms with Crippen LogP contribution in [0.1, 0.15) is 25.0 Å². The van der Waals surface area contributed by atoms with Gasteiger partial charge in [0.25, 0.3) is 0 Å². The van der Waals surface area contributed by atoms with Crippen LogP contribution in [0.15, 0.2) is 35.5 Å². The van der Waals surface area contributed by atoms with Crippen LogP contribution in [0.4, 0.5) is 11.4 Å². The third kappa shape index (κ3) is 4.18. The maximum atomic E-state index is 9.46. The second kappa shape index (κ2) is 8.50. The number of nitrogens with one attached hydrogen (secondary N) is 1. The Labute approximate surface area is 186 Å². The van der Waals surface area contributed by atoms with Gasteiger partial charge in [-0.2, -0.15) is 5.26 Å². The van der Waals surface area contributed by atoms with Crippen molar-refractivity contribution in [2.75, 3.05) is 30.8 Å². The smallest absolute Gasteiger partial charge is 0.161 e. The Bertz CT molecular complexity index is 1200. The number of nitrogens with two attached hydrogens (primary N) is 1. The van der Waals surface area contributed by atoms with Crippen LogP contribution in [-0.4, -0.2) is 48.4 Å². The molecule has 0 aliphatic carbocycles. The number of aliphatic imine (C=N–C) groups is 1. The van der Waals surface area contributed by atoms with Crippen LogP contribution in [0, 0.1) is 11.3 Å². The molecule has 1 aromatic carbocycles. The van der Waals surface area contributed by atoms with Gasteiger partial charge in [0.15, 0.2) is 5.65 Å². The number of benzene rings is 1. The Hall–Kier alpha value is -3.21. The second-order valence-corrected chi connectivity index (χ2v) is 8.36. The second-order valence-electron chi connectivity index (χ2n) is 7.95. The zero-order valence-electron chi connectivity index (χ0n) is 17.7. The average Bonchev–Trinajstić information content (AvgIpc) is 2.74. The van der Waals surface area contributed by atoms with Crippen LogP contribution in [-0.2, 0) is 0 Å². The largest absolute Gasteiger partial charge is 0.397 e. The number of nitrogens with zero attached hydrogens (tertiary/aromatic N) is 5. The van der Waals surface area contributed by atoms with E-state index in [-0.39, 0.29) is 0 Å². The summed E-state index contributed by atoms with van der Waals surface area (Å²) in [6.07, 6.45) is 3.47. The number of piperazine rings is 1. The third-order valence-electron chi connectivity index (χ3n) is 5.42. The van der Waals surface area contributed by atoms with E-state index in [1.54, 1.807) is 25.4 Å². The van der Waals surface area contributed by atoms with Crippen LogP contribution in [0.25, 0.3) is 22.3 Å². The summed E-state index contributed by atoms with van der Waals surface area (Å²) >= 11 is 6.66. The molecule has 7 nitrogen and oxygen atoms in total. The quantitative estimate of drug-likeness (QED) is 0.482. The van der Waals surface area contributed by atoms with Crippen molar-refractivity contribution in [2.24, 2.45) is 4.99 Å². The summed E-state index contributed by atoms with van der Waals surface area (Å²) < 4.78 is 0. The summed E-state index contributed by atoms with van der Waals surface area (Å²) in [6.45, 7) is 6.17. The molecule has 0 radical (unpaired) electrons. The molecule has 3 aromatic rings. The molecule has 3 N–H and O–H groups in total. The fourth-order valence-electron chi connectivity index (χ4n) is 4.08. The number of nitriles is 1. The van der Waals surface area contributed by atoms with Crippen molar-refractivity contribution in [3.05, 3.63) is 46.6 Å². The fourth-order valence-corrected chi connectivity index (χ4v) is 4.32. The summed E-state index contributed by atoms with van der Waals surface area (Å²) in [5.41, 5.74) is 10.5. The number of hydrogen-bond acceptors (Lipinski definition) is 7. The van der Waals surface area contributed by atoms with E-state index in [0.717, 1.165) is 29.7 Å². The third-order valence-corrected chi connectivity index (χ3v) is 5.73. The van der Waals surface area contributed by atoms with Crippen molar-refractivity contribution in [3.8, 4) is 17.3 Å². The SMILES string of the molecule is CN=Cc1cc(-c2cc(Cl)c3cc(N4CC(C)NC(C)C4)cnc3n2)cc(C#N)c1N. The van der Waals surface area contributed by atoms with E-state index in [1.165, 1.54) is 0 Å². The minimum Gasteiger partial charge on any atom is -0.397 e. The van der Waals surface area contributed by atoms with Crippen molar-refractivity contribution >= 4 is 40.2 Å². The lowest BCUT2D eigenvalue weighted by atomic mass is 10.0. The monoisotopic (exact) mass is 433 g/mol. The molecular formula is C23H24ClN7. The lowest BCUT2D eigenvalue weighted by Crippen LogP contribution is -2.54. The number of rotatable bonds is 3. The molecule has 1 saturated heterocycles. The van der Waals surface area contributed by atoms with Gasteiger partial charge >= 0.3 is 0 Å². The van der Waals surface area contributed by atoms with E-state index < -0.39 is 0 Å². The number of fused-ring (bicyclic) bond motifs is 1. The Morgan fingerprint density at radius 1 is 1.26 bits per heavy atom. The highest BCUT2D eigenvalue weighted by Gasteiger charge is 2.22. The van der Waals surface area contributed by atoms with Crippen LogP contribution >= 0.6 is 11.6 Å². The topological polar surface area (TPSA) is 103 Å². The van der Waals surface area contributed by atoms with Crippen molar-refractivity contribution in [1.29, 1.82) is 5.26 Å². The molecule has 0 bridgehead atoms. The van der Waals surface area contributed by atoms with E-state index in [2.05, 4.69) is 40.1 Å². The van der Waals surface area contributed by atoms with E-state index in [4.69, 9.17) is 22.3 Å². The molecule has 3 heterocycles. The maximum Gasteiger partial charge on any atom is 0.161 e. The summed E-state index contributed by atoms with van der Waals surface area (Å²) in [6, 6.07) is 10.3. The van der Waals surface area contributed by atoms with Crippen LogP contribution in [0.2, 0.25) is 5.02 Å². The van der Waals surface area contributed by atoms with Crippen molar-refractivity contribution < 1.29 is 0 Å². The number of hydrogen-bond donors (Lipinski definition) is 2. The van der Waals surface area contributed by atoms with E-state index >= 15 is 0 Å². The Balaban J connectivity index is 1.77. The molecule has 2 atom stereocenters. The molecule has 158 valence electrons. The molecule has 1 aliphatic heterocycles. The number of aromatic nitrogens is 2. The molecule has 4 rings (SSSR count). The predicted molar refractivity (Wildman–Crippen MR) is 127 cm³/mol. The Kier molecular flexibility index (Phi) is 5.77. The normalized spacial score (nSPS) is 19.1. The molecule has 2 aromatic heterocycles. The Morgan fingerprint density at radius 2 is 2.00 bits per heavy atom. The average molecular weight is 434 g/mol. The Morgan fingerprint density at radius 3 is 2.68 bits per heavy atom. The number of nitrogen functional groups attached to an aromatic ring is 1. The van der Waals surface area contributed by atoms with Gasteiger partial charge in [-0.25, -0.2) is 9.97 Å². The highest BCUT2D eigenvalue weighted by molar-refractivity contribution is 6.35. The van der Waals surface area contributed by atoms with Gasteiger partial charge in [-0.1, -0.05) is 11.6 Å². The summed E-state index contributed by atoms with van der Waals surface area (Å²) in [4.78, 5) is 15.7. The first-order valence-electron chi connectivity index (χ1n) is 10.1. The standard InChI is InChI=1S/C23H24ClN7/c1-13-11-31(12-14(2)29-13)18-6-19-20(24)7-21(30-23(19)28-10-18)15-4-16(8-25)22(26)17(5-15)9-27-3/h4-7,9-10,13-14,29H,11-12,26H2,1-3H3. The summed E-state index contributed by atoms with van der Waals surface area (Å²) in [5.74, 6) is 0. The van der Waals surface area contributed by atoms with Crippen LogP contribution < -0.4 is 16.0 Å². The van der Waals surface area contributed by atoms with Gasteiger partial charge in [0.05, 0.1) is 33.9 Å². The zero-order valence-corrected chi connectivity index (χ0v) is 18.5. The van der Waals surface area contributed by atoms with Gasteiger partial charge in [-0.15, -0.1) is 0 Å². The lowest BCUT2D eigenvalue weighted by Gasteiger charge is -2.37. The number of pyridine rings is 2. The molecule has 1 fully saturated rings. The highest BCUT2D eigenvalue weighted by Crippen LogP contribution is 2.32. The van der Waals surface area contributed by atoms with E-state index in [1.807, 2.05) is 18.3 Å². The fraction of sp³-hybridized carbons (Fsp3) is 0.304. The van der Waals surface area contributed by atoms with Gasteiger partial charge < -0.3 is 16.0 Å². The molecule has 0 saturated carbocycles. The van der Waals surface area contributed by atoms with E-state index in [0.29, 0.717) is 45.3 Å². The minimum absolute atomic E-state index is 0.371. The zero-order chi connectivity index (χ0) is 22.1. The van der Waals surface area contributed by atoms with Crippen molar-refractivity contribution in [2.45, 2.75) is 25.9 Å². The minimum atomic E-state index is 0.371. The molecular weight excluding hydrogens is 410 g/mol. The number of anilines is 2. The van der Waals surface area contributed by atoms with Gasteiger partial charge in [-0.3, -0.25) is 4.99 Å². The van der Waals surface area contributed by atoms with E-state index in [9.17, 15) is 5.26 Å². The predicted octanol–water partition coefficient (Wildman–Crippen LogP) is 3.64. The van der Waals surface area contributed by atoms with Crippen molar-refractivity contribution in [3.63, 3.8) is 0 Å². The van der Waals surface area contributed by atoms with Crippen molar-refractivity contribution in [1.82, 2.24) is 15.3 Å². The number of halogens is 1. The first kappa shape index (κ1) is 21.0. The van der Waals surface area contributed by atoms with Gasteiger partial charge in [0, 0.05) is 54.9 Å². The molecule has 31 heavy (non-hydrogen) atoms. The van der Waals surface area contributed by atoms with Crippen LogP contribution in [0.3, 0.4) is 0 Å². The van der Waals surface area contributed by atoms with Gasteiger partial charge in [-0.05, 0) is 38.1 Å². The lowest BCUT2D eigenvalue weighted by molar-refractivity contribution is 0.407. The molecule has 8 heteroatoms. The first-order chi connectivity index (χ1) is 14.9. The van der Waals surface area contributed by atoms with Gasteiger partial charge in [0.1, 0.15) is 6.07 Å². The molecule has 0 amide bonds. The summed E-state index contributed by atoms with van der Waals surface area (Å²) in [7, 11) is 1.66. The molecule has 1 aliphatic rings. The maximum absolute atomic E-state index is 9.46. The van der Waals surface area contributed by atoms with Gasteiger partial charge in [0.2, 0.25) is 0 Å². The first-order valence-corrected chi connectivity index (χ1v) is 10.5. The summed E-state index contributed by atoms with van der Waals surface area (Å²) in [5, 5.41) is 14.4.